The molecule has 0 unspecified atom stereocenters. The summed E-state index contributed by atoms with van der Waals surface area (Å²) in [6.45, 7) is 8.54. The molecular weight excluding hydrogens is 252 g/mol. The van der Waals surface area contributed by atoms with Gasteiger partial charge in [0.25, 0.3) is 0 Å². The van der Waals surface area contributed by atoms with Crippen molar-refractivity contribution >= 4 is 5.97 Å². The summed E-state index contributed by atoms with van der Waals surface area (Å²) in [5.41, 5.74) is 1.83. The number of H-pyrrole nitrogens is 1. The average molecular weight is 280 g/mol. The number of ether oxygens (including phenoxy) is 1. The van der Waals surface area contributed by atoms with Crippen LogP contribution in [0.2, 0.25) is 0 Å². The van der Waals surface area contributed by atoms with Crippen LogP contribution in [0.4, 0.5) is 0 Å². The highest BCUT2D eigenvalue weighted by molar-refractivity contribution is 5.87. The lowest BCUT2D eigenvalue weighted by Gasteiger charge is -2.25. The van der Waals surface area contributed by atoms with E-state index in [2.05, 4.69) is 35.8 Å². The van der Waals surface area contributed by atoms with Crippen molar-refractivity contribution < 1.29 is 9.53 Å². The lowest BCUT2D eigenvalue weighted by molar-refractivity contribution is 0.0594. The van der Waals surface area contributed by atoms with E-state index in [0.717, 1.165) is 18.8 Å². The summed E-state index contributed by atoms with van der Waals surface area (Å²) in [5.74, 6) is -0.323. The number of methoxy groups -OCH3 is 1. The molecule has 1 rings (SSSR count). The van der Waals surface area contributed by atoms with Gasteiger partial charge in [0.05, 0.1) is 7.11 Å². The SMILES string of the molecule is CCCCCC(C)(C)CNCc1ccc(C(=O)OC)[nH]1. The number of esters is 1. The van der Waals surface area contributed by atoms with E-state index in [1.54, 1.807) is 6.07 Å². The Hall–Kier alpha value is -1.29. The number of hydrogen-bond donors (Lipinski definition) is 2. The highest BCUT2D eigenvalue weighted by Gasteiger charge is 2.16. The molecule has 0 aliphatic heterocycles. The van der Waals surface area contributed by atoms with Gasteiger partial charge in [-0.3, -0.25) is 0 Å². The maximum atomic E-state index is 11.3. The van der Waals surface area contributed by atoms with Crippen LogP contribution >= 0.6 is 0 Å². The minimum atomic E-state index is -0.323. The number of carbonyl (C=O) groups excluding carboxylic acids is 1. The maximum Gasteiger partial charge on any atom is 0.354 e. The van der Waals surface area contributed by atoms with Crippen LogP contribution in [0.1, 0.15) is 62.6 Å². The minimum Gasteiger partial charge on any atom is -0.464 e. The predicted molar refractivity (Wildman–Crippen MR) is 81.8 cm³/mol. The quantitative estimate of drug-likeness (QED) is 0.538. The van der Waals surface area contributed by atoms with Gasteiger partial charge in [-0.05, 0) is 24.0 Å². The van der Waals surface area contributed by atoms with E-state index in [0.29, 0.717) is 11.1 Å². The van der Waals surface area contributed by atoms with Crippen molar-refractivity contribution in [2.75, 3.05) is 13.7 Å². The molecule has 0 aliphatic carbocycles. The highest BCUT2D eigenvalue weighted by atomic mass is 16.5. The van der Waals surface area contributed by atoms with E-state index in [-0.39, 0.29) is 5.97 Å². The first kappa shape index (κ1) is 16.8. The largest absolute Gasteiger partial charge is 0.464 e. The van der Waals surface area contributed by atoms with Crippen molar-refractivity contribution in [3.05, 3.63) is 23.5 Å². The molecule has 4 nitrogen and oxygen atoms in total. The molecule has 0 radical (unpaired) electrons. The van der Waals surface area contributed by atoms with Crippen LogP contribution in [0.15, 0.2) is 12.1 Å². The number of rotatable bonds is 9. The Morgan fingerprint density at radius 1 is 1.35 bits per heavy atom. The van der Waals surface area contributed by atoms with Gasteiger partial charge in [0.1, 0.15) is 5.69 Å². The Morgan fingerprint density at radius 3 is 2.75 bits per heavy atom. The van der Waals surface area contributed by atoms with Crippen molar-refractivity contribution in [1.29, 1.82) is 0 Å². The Balaban J connectivity index is 2.32. The summed E-state index contributed by atoms with van der Waals surface area (Å²) >= 11 is 0. The van der Waals surface area contributed by atoms with Gasteiger partial charge in [0.15, 0.2) is 0 Å². The molecule has 1 aromatic heterocycles. The van der Waals surface area contributed by atoms with Crippen LogP contribution in [-0.2, 0) is 11.3 Å². The van der Waals surface area contributed by atoms with Gasteiger partial charge in [-0.1, -0.05) is 40.0 Å². The Labute approximate surface area is 122 Å². The summed E-state index contributed by atoms with van der Waals surface area (Å²) in [5, 5.41) is 3.46. The number of carbonyl (C=O) groups is 1. The van der Waals surface area contributed by atoms with Crippen molar-refractivity contribution in [2.24, 2.45) is 5.41 Å². The van der Waals surface area contributed by atoms with Gasteiger partial charge in [-0.2, -0.15) is 0 Å². The fourth-order valence-corrected chi connectivity index (χ4v) is 2.25. The third kappa shape index (κ3) is 5.78. The summed E-state index contributed by atoms with van der Waals surface area (Å²) in [7, 11) is 1.39. The van der Waals surface area contributed by atoms with Crippen LogP contribution in [0, 0.1) is 5.41 Å². The second kappa shape index (κ2) is 8.10. The molecule has 0 atom stereocenters. The average Bonchev–Trinajstić information content (AvgIpc) is 2.86. The highest BCUT2D eigenvalue weighted by Crippen LogP contribution is 2.22. The first-order valence-electron chi connectivity index (χ1n) is 7.45. The molecule has 1 heterocycles. The van der Waals surface area contributed by atoms with Gasteiger partial charge in [-0.25, -0.2) is 4.79 Å². The topological polar surface area (TPSA) is 54.1 Å². The summed E-state index contributed by atoms with van der Waals surface area (Å²) < 4.78 is 4.67. The Kier molecular flexibility index (Phi) is 6.79. The fourth-order valence-electron chi connectivity index (χ4n) is 2.25. The summed E-state index contributed by atoms with van der Waals surface area (Å²) in [6.07, 6.45) is 5.11. The molecule has 114 valence electrons. The van der Waals surface area contributed by atoms with Crippen LogP contribution in [0.3, 0.4) is 0 Å². The molecule has 2 N–H and O–H groups in total. The van der Waals surface area contributed by atoms with Gasteiger partial charge >= 0.3 is 5.97 Å². The van der Waals surface area contributed by atoms with Crippen LogP contribution in [-0.4, -0.2) is 24.6 Å². The number of aromatic nitrogens is 1. The standard InChI is InChI=1S/C16H28N2O2/c1-5-6-7-10-16(2,3)12-17-11-13-8-9-14(18-13)15(19)20-4/h8-9,17-18H,5-7,10-12H2,1-4H3. The smallest absolute Gasteiger partial charge is 0.354 e. The molecule has 20 heavy (non-hydrogen) atoms. The van der Waals surface area contributed by atoms with Crippen molar-refractivity contribution in [1.82, 2.24) is 10.3 Å². The third-order valence-electron chi connectivity index (χ3n) is 3.53. The minimum absolute atomic E-state index is 0.312. The molecule has 0 saturated carbocycles. The van der Waals surface area contributed by atoms with Crippen molar-refractivity contribution in [3.63, 3.8) is 0 Å². The summed E-state index contributed by atoms with van der Waals surface area (Å²) in [6, 6.07) is 3.68. The molecule has 4 heteroatoms. The van der Waals surface area contributed by atoms with Crippen LogP contribution < -0.4 is 5.32 Å². The van der Waals surface area contributed by atoms with Gasteiger partial charge in [0.2, 0.25) is 0 Å². The first-order valence-corrected chi connectivity index (χ1v) is 7.45. The zero-order chi connectivity index (χ0) is 15.0. The van der Waals surface area contributed by atoms with Crippen molar-refractivity contribution in [3.8, 4) is 0 Å². The normalized spacial score (nSPS) is 11.6. The van der Waals surface area contributed by atoms with Gasteiger partial charge in [0, 0.05) is 18.8 Å². The van der Waals surface area contributed by atoms with Gasteiger partial charge < -0.3 is 15.0 Å². The lowest BCUT2D eigenvalue weighted by atomic mass is 9.87. The van der Waals surface area contributed by atoms with Gasteiger partial charge in [-0.15, -0.1) is 0 Å². The van der Waals surface area contributed by atoms with E-state index < -0.39 is 0 Å². The number of unbranched alkanes of at least 4 members (excludes halogenated alkanes) is 2. The molecule has 0 spiro atoms. The third-order valence-corrected chi connectivity index (χ3v) is 3.53. The Morgan fingerprint density at radius 2 is 2.10 bits per heavy atom. The summed E-state index contributed by atoms with van der Waals surface area (Å²) in [4.78, 5) is 14.4. The molecule has 0 amide bonds. The second-order valence-electron chi connectivity index (χ2n) is 6.11. The predicted octanol–water partition coefficient (Wildman–Crippen LogP) is 3.50. The van der Waals surface area contributed by atoms with Crippen molar-refractivity contribution in [2.45, 2.75) is 53.0 Å². The number of hydrogen-bond acceptors (Lipinski definition) is 3. The Bertz CT molecular complexity index is 410. The lowest BCUT2D eigenvalue weighted by Crippen LogP contribution is -2.29. The molecule has 0 saturated heterocycles. The van der Waals surface area contributed by atoms with E-state index >= 15 is 0 Å². The molecule has 0 fully saturated rings. The second-order valence-corrected chi connectivity index (χ2v) is 6.11. The molecular formula is C16H28N2O2. The van der Waals surface area contributed by atoms with Crippen LogP contribution in [0.25, 0.3) is 0 Å². The van der Waals surface area contributed by atoms with E-state index in [4.69, 9.17) is 0 Å². The van der Waals surface area contributed by atoms with E-state index in [9.17, 15) is 4.79 Å². The number of aromatic amines is 1. The molecule has 0 aromatic carbocycles. The maximum absolute atomic E-state index is 11.3. The molecule has 1 aromatic rings. The van der Waals surface area contributed by atoms with E-state index in [1.807, 2.05) is 6.07 Å². The van der Waals surface area contributed by atoms with Crippen LogP contribution in [0.5, 0.6) is 0 Å². The fraction of sp³-hybridized carbons (Fsp3) is 0.688. The molecule has 0 aliphatic rings. The molecule has 0 bridgehead atoms. The zero-order valence-electron chi connectivity index (χ0n) is 13.2. The number of nitrogens with one attached hydrogen (secondary N) is 2. The monoisotopic (exact) mass is 280 g/mol. The first-order chi connectivity index (χ1) is 9.48. The van der Waals surface area contributed by atoms with E-state index in [1.165, 1.54) is 32.8 Å². The zero-order valence-corrected chi connectivity index (χ0v) is 13.2.